The molecule has 1 aromatic heterocycles. The summed E-state index contributed by atoms with van der Waals surface area (Å²) in [6.07, 6.45) is 4.22. The summed E-state index contributed by atoms with van der Waals surface area (Å²) in [6.45, 7) is 8.52. The molecule has 2 heterocycles. The molecule has 4 nitrogen and oxygen atoms in total. The van der Waals surface area contributed by atoms with Crippen molar-refractivity contribution in [3.05, 3.63) is 23.4 Å². The number of hydrogen-bond donors (Lipinski definition) is 1. The lowest BCUT2D eigenvalue weighted by molar-refractivity contribution is 0.0696. The van der Waals surface area contributed by atoms with Crippen LogP contribution < -0.4 is 4.90 Å². The number of aryl methyl sites for hydroxylation is 1. The summed E-state index contributed by atoms with van der Waals surface area (Å²) in [4.78, 5) is 18.1. The van der Waals surface area contributed by atoms with E-state index in [-0.39, 0.29) is 0 Å². The molecule has 1 saturated heterocycles. The maximum absolute atomic E-state index is 11.2. The van der Waals surface area contributed by atoms with Gasteiger partial charge in [0, 0.05) is 18.8 Å². The number of carbonyl (C=O) groups is 1. The van der Waals surface area contributed by atoms with Crippen molar-refractivity contribution in [1.82, 2.24) is 4.98 Å². The first-order valence-corrected chi connectivity index (χ1v) is 7.40. The predicted molar refractivity (Wildman–Crippen MR) is 80.4 cm³/mol. The number of nitrogens with zero attached hydrogens (tertiary/aromatic N) is 2. The minimum absolute atomic E-state index is 0.343. The zero-order valence-corrected chi connectivity index (χ0v) is 12.6. The topological polar surface area (TPSA) is 53.4 Å². The second-order valence-electron chi connectivity index (χ2n) is 6.37. The zero-order chi connectivity index (χ0) is 14.8. The second kappa shape index (κ2) is 5.81. The average Bonchev–Trinajstić information content (AvgIpc) is 2.59. The Labute approximate surface area is 120 Å². The molecule has 0 amide bonds. The highest BCUT2D eigenvalue weighted by atomic mass is 16.4. The monoisotopic (exact) mass is 276 g/mol. The maximum Gasteiger partial charge on any atom is 0.335 e. The molecule has 0 radical (unpaired) electrons. The van der Waals surface area contributed by atoms with Crippen LogP contribution in [0.2, 0.25) is 0 Å². The summed E-state index contributed by atoms with van der Waals surface area (Å²) >= 11 is 0. The Morgan fingerprint density at radius 3 is 2.75 bits per heavy atom. The number of carboxylic acids is 1. The normalized spacial score (nSPS) is 18.6. The number of rotatable bonds is 3. The molecule has 0 aliphatic carbocycles. The standard InChI is InChI=1S/C16H24N2O2/c1-4-13-10-12(15(19)20)11-14(17-13)18-8-5-6-16(2,3)7-9-18/h10-11H,4-9H2,1-3H3,(H,19,20). The summed E-state index contributed by atoms with van der Waals surface area (Å²) in [5.74, 6) is -0.0575. The van der Waals surface area contributed by atoms with E-state index in [1.54, 1.807) is 12.1 Å². The van der Waals surface area contributed by atoms with Gasteiger partial charge in [0.2, 0.25) is 0 Å². The average molecular weight is 276 g/mol. The Kier molecular flexibility index (Phi) is 4.31. The van der Waals surface area contributed by atoms with Gasteiger partial charge >= 0.3 is 5.97 Å². The van der Waals surface area contributed by atoms with Crippen molar-refractivity contribution in [2.75, 3.05) is 18.0 Å². The fraction of sp³-hybridized carbons (Fsp3) is 0.625. The lowest BCUT2D eigenvalue weighted by Gasteiger charge is -2.24. The van der Waals surface area contributed by atoms with Crippen molar-refractivity contribution in [2.24, 2.45) is 5.41 Å². The third-order valence-electron chi connectivity index (χ3n) is 4.14. The molecule has 1 N–H and O–H groups in total. The molecule has 2 rings (SSSR count). The molecular formula is C16H24N2O2. The molecule has 0 saturated carbocycles. The molecule has 0 atom stereocenters. The fourth-order valence-electron chi connectivity index (χ4n) is 2.69. The summed E-state index contributed by atoms with van der Waals surface area (Å²) < 4.78 is 0. The van der Waals surface area contributed by atoms with Crippen molar-refractivity contribution in [3.8, 4) is 0 Å². The van der Waals surface area contributed by atoms with E-state index in [1.165, 1.54) is 6.42 Å². The van der Waals surface area contributed by atoms with Crippen molar-refractivity contribution >= 4 is 11.8 Å². The van der Waals surface area contributed by atoms with Crippen LogP contribution in [0.15, 0.2) is 12.1 Å². The van der Waals surface area contributed by atoms with Crippen molar-refractivity contribution in [3.63, 3.8) is 0 Å². The van der Waals surface area contributed by atoms with E-state index < -0.39 is 5.97 Å². The first kappa shape index (κ1) is 14.8. The minimum Gasteiger partial charge on any atom is -0.478 e. The Balaban J connectivity index is 2.27. The molecule has 20 heavy (non-hydrogen) atoms. The van der Waals surface area contributed by atoms with Crippen LogP contribution in [0.4, 0.5) is 5.82 Å². The first-order valence-electron chi connectivity index (χ1n) is 7.40. The van der Waals surface area contributed by atoms with E-state index in [0.29, 0.717) is 11.0 Å². The lowest BCUT2D eigenvalue weighted by atomic mass is 9.85. The van der Waals surface area contributed by atoms with E-state index >= 15 is 0 Å². The highest BCUT2D eigenvalue weighted by molar-refractivity contribution is 5.88. The number of carboxylic acid groups (broad SMARTS) is 1. The molecule has 0 bridgehead atoms. The van der Waals surface area contributed by atoms with Gasteiger partial charge in [-0.05, 0) is 43.2 Å². The third-order valence-corrected chi connectivity index (χ3v) is 4.14. The number of hydrogen-bond acceptors (Lipinski definition) is 3. The second-order valence-corrected chi connectivity index (χ2v) is 6.37. The van der Waals surface area contributed by atoms with E-state index in [2.05, 4.69) is 23.7 Å². The first-order chi connectivity index (χ1) is 9.41. The van der Waals surface area contributed by atoms with Crippen molar-refractivity contribution in [2.45, 2.75) is 46.5 Å². The summed E-state index contributed by atoms with van der Waals surface area (Å²) in [6, 6.07) is 3.38. The zero-order valence-electron chi connectivity index (χ0n) is 12.6. The van der Waals surface area contributed by atoms with E-state index in [4.69, 9.17) is 0 Å². The molecule has 0 aromatic carbocycles. The summed E-state index contributed by atoms with van der Waals surface area (Å²) in [7, 11) is 0. The van der Waals surface area contributed by atoms with Gasteiger partial charge in [-0.3, -0.25) is 0 Å². The SMILES string of the molecule is CCc1cc(C(=O)O)cc(N2CCCC(C)(C)CC2)n1. The van der Waals surface area contributed by atoms with Gasteiger partial charge in [-0.15, -0.1) is 0 Å². The van der Waals surface area contributed by atoms with Gasteiger partial charge in [0.05, 0.1) is 5.56 Å². The Hall–Kier alpha value is -1.58. The van der Waals surface area contributed by atoms with E-state index in [9.17, 15) is 9.90 Å². The smallest absolute Gasteiger partial charge is 0.335 e. The third kappa shape index (κ3) is 3.50. The molecule has 1 aliphatic rings. The van der Waals surface area contributed by atoms with Crippen LogP contribution in [-0.2, 0) is 6.42 Å². The molecule has 1 aromatic rings. The number of aromatic nitrogens is 1. The van der Waals surface area contributed by atoms with Crippen LogP contribution in [0, 0.1) is 5.41 Å². The van der Waals surface area contributed by atoms with Crippen LogP contribution >= 0.6 is 0 Å². The van der Waals surface area contributed by atoms with Gasteiger partial charge in [-0.25, -0.2) is 9.78 Å². The fourth-order valence-corrected chi connectivity index (χ4v) is 2.69. The van der Waals surface area contributed by atoms with Crippen molar-refractivity contribution in [1.29, 1.82) is 0 Å². The molecule has 1 aliphatic heterocycles. The van der Waals surface area contributed by atoms with E-state index in [1.807, 2.05) is 6.92 Å². The number of anilines is 1. The molecular weight excluding hydrogens is 252 g/mol. The summed E-state index contributed by atoms with van der Waals surface area (Å²) in [5, 5.41) is 9.22. The van der Waals surface area contributed by atoms with Gasteiger partial charge in [0.1, 0.15) is 5.82 Å². The Bertz CT molecular complexity index is 497. The Morgan fingerprint density at radius 2 is 2.10 bits per heavy atom. The minimum atomic E-state index is -0.876. The van der Waals surface area contributed by atoms with Gasteiger partial charge in [-0.1, -0.05) is 20.8 Å². The predicted octanol–water partition coefficient (Wildman–Crippen LogP) is 3.36. The molecule has 1 fully saturated rings. The van der Waals surface area contributed by atoms with Gasteiger partial charge in [0.15, 0.2) is 0 Å². The molecule has 4 heteroatoms. The number of aromatic carboxylic acids is 1. The van der Waals surface area contributed by atoms with Gasteiger partial charge in [0.25, 0.3) is 0 Å². The van der Waals surface area contributed by atoms with Crippen LogP contribution in [0.1, 0.15) is 56.1 Å². The van der Waals surface area contributed by atoms with Gasteiger partial charge < -0.3 is 10.0 Å². The van der Waals surface area contributed by atoms with E-state index in [0.717, 1.165) is 43.9 Å². The largest absolute Gasteiger partial charge is 0.478 e. The highest BCUT2D eigenvalue weighted by Crippen LogP contribution is 2.31. The molecule has 110 valence electrons. The lowest BCUT2D eigenvalue weighted by Crippen LogP contribution is -2.26. The van der Waals surface area contributed by atoms with Crippen LogP contribution in [0.3, 0.4) is 0 Å². The van der Waals surface area contributed by atoms with Crippen molar-refractivity contribution < 1.29 is 9.90 Å². The maximum atomic E-state index is 11.2. The van der Waals surface area contributed by atoms with Crippen LogP contribution in [0.5, 0.6) is 0 Å². The quantitative estimate of drug-likeness (QED) is 0.919. The summed E-state index contributed by atoms with van der Waals surface area (Å²) in [5.41, 5.74) is 1.56. The van der Waals surface area contributed by atoms with Gasteiger partial charge in [-0.2, -0.15) is 0 Å². The Morgan fingerprint density at radius 1 is 1.35 bits per heavy atom. The highest BCUT2D eigenvalue weighted by Gasteiger charge is 2.24. The molecule has 0 unspecified atom stereocenters. The van der Waals surface area contributed by atoms with Crippen LogP contribution in [-0.4, -0.2) is 29.1 Å². The molecule has 0 spiro atoms. The van der Waals surface area contributed by atoms with Crippen LogP contribution in [0.25, 0.3) is 0 Å². The number of pyridine rings is 1.